The Morgan fingerprint density at radius 1 is 1.05 bits per heavy atom. The lowest BCUT2D eigenvalue weighted by Crippen LogP contribution is -2.33. The van der Waals surface area contributed by atoms with Crippen LogP contribution in [0.3, 0.4) is 0 Å². The van der Waals surface area contributed by atoms with Gasteiger partial charge < -0.3 is 20.0 Å². The maximum Gasteiger partial charge on any atom is 0.335 e. The van der Waals surface area contributed by atoms with Crippen LogP contribution in [-0.2, 0) is 4.84 Å². The van der Waals surface area contributed by atoms with E-state index in [1.165, 1.54) is 24.3 Å². The molecule has 2 atom stereocenters. The predicted octanol–water partition coefficient (Wildman–Crippen LogP) is 6.10. The third-order valence-corrected chi connectivity index (χ3v) is 6.64. The normalized spacial score (nSPS) is 16.8. The third-order valence-electron chi connectivity index (χ3n) is 6.01. The summed E-state index contributed by atoms with van der Waals surface area (Å²) >= 11 is 12.9. The number of anilines is 1. The summed E-state index contributed by atoms with van der Waals surface area (Å²) in [6.45, 7) is 6.07. The molecule has 4 rings (SSSR count). The quantitative estimate of drug-likeness (QED) is 0.356. The summed E-state index contributed by atoms with van der Waals surface area (Å²) in [6, 6.07) is 14.3. The molecular formula is C27H25Cl2N3O5. The Balaban J connectivity index is 1.47. The van der Waals surface area contributed by atoms with Crippen LogP contribution in [0.15, 0.2) is 59.8 Å². The number of rotatable bonds is 8. The number of carboxylic acids is 1. The number of carbonyl (C=O) groups is 2. The van der Waals surface area contributed by atoms with Crippen molar-refractivity contribution < 1.29 is 24.3 Å². The number of hydrogen-bond acceptors (Lipinski definition) is 6. The van der Waals surface area contributed by atoms with Crippen LogP contribution in [0.25, 0.3) is 0 Å². The first kappa shape index (κ1) is 26.4. The molecule has 0 radical (unpaired) electrons. The van der Waals surface area contributed by atoms with Crippen molar-refractivity contribution in [2.75, 3.05) is 11.9 Å². The standard InChI is InChI=1S/C27H25Cl2N3O5/c1-14(2)25-18(24(32-37-25)23-19(28)5-4-6-20(23)29)13-36-22-12-11-21(15(3)30-22)31-26(33)16-7-9-17(10-8-16)27(34)35/h4-12,14,18,25H,13H2,1-3H3,(H,31,33)(H,34,35). The second-order valence-electron chi connectivity index (χ2n) is 8.92. The van der Waals surface area contributed by atoms with Crippen LogP contribution >= 0.6 is 23.2 Å². The summed E-state index contributed by atoms with van der Waals surface area (Å²) < 4.78 is 6.04. The highest BCUT2D eigenvalue weighted by molar-refractivity contribution is 6.40. The second kappa shape index (κ2) is 11.2. The van der Waals surface area contributed by atoms with E-state index in [1.54, 1.807) is 37.3 Å². The molecule has 8 nitrogen and oxygen atoms in total. The van der Waals surface area contributed by atoms with Crippen LogP contribution in [-0.4, -0.2) is 40.4 Å². The Morgan fingerprint density at radius 2 is 1.70 bits per heavy atom. The van der Waals surface area contributed by atoms with Crippen molar-refractivity contribution in [3.63, 3.8) is 0 Å². The number of hydrogen-bond donors (Lipinski definition) is 2. The Kier molecular flexibility index (Phi) is 8.00. The Bertz CT molecular complexity index is 1340. The Morgan fingerprint density at radius 3 is 2.30 bits per heavy atom. The average Bonchev–Trinajstić information content (AvgIpc) is 3.28. The minimum absolute atomic E-state index is 0.105. The van der Waals surface area contributed by atoms with Crippen molar-refractivity contribution in [2.24, 2.45) is 17.0 Å². The number of ether oxygens (including phenoxy) is 1. The van der Waals surface area contributed by atoms with Gasteiger partial charge in [0.15, 0.2) is 0 Å². The number of nitrogens with one attached hydrogen (secondary N) is 1. The summed E-state index contributed by atoms with van der Waals surface area (Å²) in [4.78, 5) is 33.8. The molecule has 1 aromatic heterocycles. The number of benzene rings is 2. The molecule has 0 saturated carbocycles. The number of aromatic nitrogens is 1. The number of carboxylic acid groups (broad SMARTS) is 1. The zero-order chi connectivity index (χ0) is 26.7. The molecule has 0 aliphatic carbocycles. The molecular weight excluding hydrogens is 517 g/mol. The monoisotopic (exact) mass is 541 g/mol. The van der Waals surface area contributed by atoms with Gasteiger partial charge in [0.1, 0.15) is 18.4 Å². The Labute approximate surface area is 224 Å². The highest BCUT2D eigenvalue weighted by Crippen LogP contribution is 2.35. The zero-order valence-corrected chi connectivity index (χ0v) is 21.9. The van der Waals surface area contributed by atoms with Crippen LogP contribution < -0.4 is 10.1 Å². The molecule has 2 N–H and O–H groups in total. The van der Waals surface area contributed by atoms with Gasteiger partial charge in [-0.25, -0.2) is 9.78 Å². The molecule has 10 heteroatoms. The number of nitrogens with zero attached hydrogens (tertiary/aromatic N) is 2. The van der Waals surface area contributed by atoms with E-state index in [-0.39, 0.29) is 36.0 Å². The summed E-state index contributed by atoms with van der Waals surface area (Å²) in [5.74, 6) is -1.13. The highest BCUT2D eigenvalue weighted by atomic mass is 35.5. The summed E-state index contributed by atoms with van der Waals surface area (Å²) in [6.07, 6.45) is -0.227. The van der Waals surface area contributed by atoms with Crippen molar-refractivity contribution >= 4 is 46.5 Å². The smallest absolute Gasteiger partial charge is 0.335 e. The van der Waals surface area contributed by atoms with Crippen molar-refractivity contribution in [2.45, 2.75) is 26.9 Å². The lowest BCUT2D eigenvalue weighted by molar-refractivity contribution is 0.0174. The molecule has 1 amide bonds. The Hall–Kier alpha value is -3.62. The largest absolute Gasteiger partial charge is 0.478 e. The maximum atomic E-state index is 12.6. The first-order valence-electron chi connectivity index (χ1n) is 11.6. The van der Waals surface area contributed by atoms with Crippen molar-refractivity contribution in [1.29, 1.82) is 0 Å². The van der Waals surface area contributed by atoms with Crippen LogP contribution in [0.2, 0.25) is 10.0 Å². The van der Waals surface area contributed by atoms with E-state index < -0.39 is 5.97 Å². The van der Waals surface area contributed by atoms with E-state index >= 15 is 0 Å². The molecule has 2 aromatic carbocycles. The van der Waals surface area contributed by atoms with Crippen molar-refractivity contribution in [1.82, 2.24) is 4.98 Å². The van der Waals surface area contributed by atoms with Gasteiger partial charge in [-0.1, -0.05) is 48.3 Å². The molecule has 192 valence electrons. The molecule has 1 aliphatic rings. The first-order chi connectivity index (χ1) is 17.7. The zero-order valence-electron chi connectivity index (χ0n) is 20.4. The summed E-state index contributed by atoms with van der Waals surface area (Å²) in [5, 5.41) is 17.1. The topological polar surface area (TPSA) is 110 Å². The van der Waals surface area contributed by atoms with E-state index in [4.69, 9.17) is 37.9 Å². The van der Waals surface area contributed by atoms with Crippen molar-refractivity contribution in [3.05, 3.63) is 87.0 Å². The molecule has 3 aromatic rings. The molecule has 2 unspecified atom stereocenters. The van der Waals surface area contributed by atoms with Crippen LogP contribution in [0.1, 0.15) is 45.8 Å². The molecule has 0 fully saturated rings. The number of aromatic carboxylic acids is 1. The third kappa shape index (κ3) is 5.87. The molecule has 0 spiro atoms. The van der Waals surface area contributed by atoms with Crippen molar-refractivity contribution in [3.8, 4) is 5.88 Å². The van der Waals surface area contributed by atoms with Gasteiger partial charge in [-0.15, -0.1) is 0 Å². The fourth-order valence-corrected chi connectivity index (χ4v) is 4.62. The fraction of sp³-hybridized carbons (Fsp3) is 0.259. The predicted molar refractivity (Wildman–Crippen MR) is 142 cm³/mol. The van der Waals surface area contributed by atoms with Crippen LogP contribution in [0.4, 0.5) is 5.69 Å². The maximum absolute atomic E-state index is 12.6. The van der Waals surface area contributed by atoms with Gasteiger partial charge in [-0.2, -0.15) is 0 Å². The molecule has 1 aliphatic heterocycles. The van der Waals surface area contributed by atoms with E-state index in [1.807, 2.05) is 13.8 Å². The minimum atomic E-state index is -1.06. The first-order valence-corrected chi connectivity index (χ1v) is 12.3. The summed E-state index contributed by atoms with van der Waals surface area (Å²) in [7, 11) is 0. The number of oxime groups is 1. The fourth-order valence-electron chi connectivity index (χ4n) is 4.03. The van der Waals surface area contributed by atoms with Gasteiger partial charge in [-0.3, -0.25) is 4.79 Å². The van der Waals surface area contributed by atoms with E-state index in [9.17, 15) is 9.59 Å². The number of halogens is 2. The molecule has 0 bridgehead atoms. The number of carbonyl (C=O) groups excluding carboxylic acids is 1. The van der Waals surface area contributed by atoms with Gasteiger partial charge in [-0.05, 0) is 55.3 Å². The summed E-state index contributed by atoms with van der Waals surface area (Å²) in [5.41, 5.74) is 2.75. The van der Waals surface area contributed by atoms with Gasteiger partial charge in [0.05, 0.1) is 32.9 Å². The molecule has 2 heterocycles. The minimum Gasteiger partial charge on any atom is -0.478 e. The molecule has 0 saturated heterocycles. The van der Waals surface area contributed by atoms with Gasteiger partial charge >= 0.3 is 5.97 Å². The van der Waals surface area contributed by atoms with Gasteiger partial charge in [0.2, 0.25) is 5.88 Å². The second-order valence-corrected chi connectivity index (χ2v) is 9.74. The molecule has 37 heavy (non-hydrogen) atoms. The van der Waals surface area contributed by atoms with E-state index in [0.29, 0.717) is 44.1 Å². The number of amides is 1. The van der Waals surface area contributed by atoms with Gasteiger partial charge in [0, 0.05) is 17.2 Å². The number of aryl methyl sites for hydroxylation is 1. The van der Waals surface area contributed by atoms with Gasteiger partial charge in [0.25, 0.3) is 5.91 Å². The van der Waals surface area contributed by atoms with E-state index in [0.717, 1.165) is 0 Å². The SMILES string of the molecule is Cc1nc(OCC2C(c3c(Cl)cccc3Cl)=NOC2C(C)C)ccc1NC(=O)c1ccc(C(=O)O)cc1. The van der Waals surface area contributed by atoms with Crippen LogP contribution in [0.5, 0.6) is 5.88 Å². The van der Waals surface area contributed by atoms with Crippen LogP contribution in [0, 0.1) is 18.8 Å². The highest BCUT2D eigenvalue weighted by Gasteiger charge is 2.39. The lowest BCUT2D eigenvalue weighted by Gasteiger charge is -2.22. The lowest BCUT2D eigenvalue weighted by atomic mass is 9.87. The average molecular weight is 542 g/mol. The number of pyridine rings is 1. The van der Waals surface area contributed by atoms with E-state index in [2.05, 4.69) is 15.5 Å².